The van der Waals surface area contributed by atoms with Crippen LogP contribution in [0.4, 0.5) is 5.82 Å². The molecule has 1 aliphatic rings. The fraction of sp³-hybridized carbons (Fsp3) is 0.471. The summed E-state index contributed by atoms with van der Waals surface area (Å²) in [5, 5.41) is 18.0. The Balaban J connectivity index is 1.40. The monoisotopic (exact) mass is 347 g/mol. The highest BCUT2D eigenvalue weighted by atomic mass is 32.1. The standard InChI is InChI=1S/C17H21N3O3S/c1-12-2-4-15(19-18-12)20-9-6-13(7-10-20)8-11-23-16-5-3-14(24-16)17(21)22/h2-5,13H,6-11H2,1H3,(H,21,22). The van der Waals surface area contributed by atoms with Crippen LogP contribution in [0.15, 0.2) is 24.3 Å². The zero-order valence-electron chi connectivity index (χ0n) is 13.6. The summed E-state index contributed by atoms with van der Waals surface area (Å²) >= 11 is 1.18. The average molecular weight is 347 g/mol. The van der Waals surface area contributed by atoms with Gasteiger partial charge in [0, 0.05) is 13.1 Å². The van der Waals surface area contributed by atoms with Crippen molar-refractivity contribution in [3.8, 4) is 5.06 Å². The van der Waals surface area contributed by atoms with Crippen molar-refractivity contribution in [3.63, 3.8) is 0 Å². The van der Waals surface area contributed by atoms with E-state index in [0.29, 0.717) is 22.5 Å². The second-order valence-corrected chi connectivity index (χ2v) is 7.07. The molecule has 0 aromatic carbocycles. The maximum atomic E-state index is 10.8. The van der Waals surface area contributed by atoms with Gasteiger partial charge in [-0.1, -0.05) is 11.3 Å². The molecule has 2 aromatic heterocycles. The molecule has 7 heteroatoms. The second kappa shape index (κ2) is 7.61. The minimum Gasteiger partial charge on any atom is -0.484 e. The van der Waals surface area contributed by atoms with E-state index in [2.05, 4.69) is 15.1 Å². The zero-order chi connectivity index (χ0) is 16.9. The van der Waals surface area contributed by atoms with Crippen molar-refractivity contribution >= 4 is 23.1 Å². The lowest BCUT2D eigenvalue weighted by atomic mass is 9.94. The van der Waals surface area contributed by atoms with Crippen LogP contribution >= 0.6 is 11.3 Å². The number of hydrogen-bond acceptors (Lipinski definition) is 6. The Morgan fingerprint density at radius 1 is 1.29 bits per heavy atom. The van der Waals surface area contributed by atoms with Crippen LogP contribution in [0.5, 0.6) is 5.06 Å². The van der Waals surface area contributed by atoms with Crippen LogP contribution in [0.3, 0.4) is 0 Å². The zero-order valence-corrected chi connectivity index (χ0v) is 14.5. The highest BCUT2D eigenvalue weighted by molar-refractivity contribution is 7.15. The van der Waals surface area contributed by atoms with E-state index in [9.17, 15) is 4.79 Å². The van der Waals surface area contributed by atoms with Crippen LogP contribution in [0.1, 0.15) is 34.6 Å². The Bertz CT molecular complexity index is 679. The van der Waals surface area contributed by atoms with E-state index in [-0.39, 0.29) is 0 Å². The summed E-state index contributed by atoms with van der Waals surface area (Å²) in [5.74, 6) is 0.690. The Kier molecular flexibility index (Phi) is 5.30. The minimum atomic E-state index is -0.901. The van der Waals surface area contributed by atoms with Crippen molar-refractivity contribution in [1.29, 1.82) is 0 Å². The second-order valence-electron chi connectivity index (χ2n) is 6.02. The first-order valence-corrected chi connectivity index (χ1v) is 8.94. The number of ether oxygens (including phenoxy) is 1. The van der Waals surface area contributed by atoms with Crippen LogP contribution in [-0.2, 0) is 0 Å². The van der Waals surface area contributed by atoms with Crippen molar-refractivity contribution in [2.75, 3.05) is 24.6 Å². The van der Waals surface area contributed by atoms with E-state index in [1.165, 1.54) is 11.3 Å². The van der Waals surface area contributed by atoms with Gasteiger partial charge in [0.2, 0.25) is 0 Å². The number of rotatable bonds is 6. The minimum absolute atomic E-state index is 0.317. The summed E-state index contributed by atoms with van der Waals surface area (Å²) < 4.78 is 5.68. The Morgan fingerprint density at radius 3 is 2.71 bits per heavy atom. The van der Waals surface area contributed by atoms with Crippen LogP contribution in [-0.4, -0.2) is 41.0 Å². The van der Waals surface area contributed by atoms with E-state index >= 15 is 0 Å². The fourth-order valence-electron chi connectivity index (χ4n) is 2.85. The van der Waals surface area contributed by atoms with Crippen molar-refractivity contribution in [2.24, 2.45) is 5.92 Å². The molecule has 3 heterocycles. The van der Waals surface area contributed by atoms with E-state index in [0.717, 1.165) is 43.9 Å². The largest absolute Gasteiger partial charge is 0.484 e. The van der Waals surface area contributed by atoms with Crippen molar-refractivity contribution < 1.29 is 14.6 Å². The van der Waals surface area contributed by atoms with E-state index in [1.54, 1.807) is 12.1 Å². The number of nitrogens with zero attached hydrogens (tertiary/aromatic N) is 3. The topological polar surface area (TPSA) is 75.5 Å². The van der Waals surface area contributed by atoms with Crippen LogP contribution in [0.25, 0.3) is 0 Å². The summed E-state index contributed by atoms with van der Waals surface area (Å²) in [7, 11) is 0. The number of hydrogen-bond donors (Lipinski definition) is 1. The lowest BCUT2D eigenvalue weighted by molar-refractivity contribution is 0.0702. The van der Waals surface area contributed by atoms with Gasteiger partial charge in [-0.05, 0) is 56.4 Å². The molecule has 0 saturated carbocycles. The molecule has 1 saturated heterocycles. The molecule has 0 unspecified atom stereocenters. The predicted molar refractivity (Wildman–Crippen MR) is 93.1 cm³/mol. The summed E-state index contributed by atoms with van der Waals surface area (Å²) in [6.45, 7) is 4.56. The van der Waals surface area contributed by atoms with Gasteiger partial charge >= 0.3 is 5.97 Å². The molecule has 0 atom stereocenters. The normalized spacial score (nSPS) is 15.5. The third kappa shape index (κ3) is 4.23. The summed E-state index contributed by atoms with van der Waals surface area (Å²) in [6.07, 6.45) is 3.22. The van der Waals surface area contributed by atoms with E-state index in [4.69, 9.17) is 9.84 Å². The Morgan fingerprint density at radius 2 is 2.08 bits per heavy atom. The summed E-state index contributed by atoms with van der Waals surface area (Å²) in [4.78, 5) is 13.4. The molecule has 128 valence electrons. The number of carboxylic acid groups (broad SMARTS) is 1. The van der Waals surface area contributed by atoms with Crippen LogP contribution < -0.4 is 9.64 Å². The SMILES string of the molecule is Cc1ccc(N2CCC(CCOc3ccc(C(=O)O)s3)CC2)nn1. The van der Waals surface area contributed by atoms with Crippen molar-refractivity contribution in [1.82, 2.24) is 10.2 Å². The third-order valence-electron chi connectivity index (χ3n) is 4.28. The summed E-state index contributed by atoms with van der Waals surface area (Å²) in [5.41, 5.74) is 0.936. The van der Waals surface area contributed by atoms with Crippen LogP contribution in [0.2, 0.25) is 0 Å². The lowest BCUT2D eigenvalue weighted by Gasteiger charge is -2.32. The van der Waals surface area contributed by atoms with Gasteiger partial charge in [-0.25, -0.2) is 4.79 Å². The number of carboxylic acids is 1. The lowest BCUT2D eigenvalue weighted by Crippen LogP contribution is -2.34. The molecule has 3 rings (SSSR count). The van der Waals surface area contributed by atoms with Gasteiger partial charge in [-0.3, -0.25) is 0 Å². The molecule has 0 bridgehead atoms. The molecule has 24 heavy (non-hydrogen) atoms. The van der Waals surface area contributed by atoms with Crippen molar-refractivity contribution in [3.05, 3.63) is 34.8 Å². The number of piperidine rings is 1. The van der Waals surface area contributed by atoms with E-state index < -0.39 is 5.97 Å². The number of aromatic carboxylic acids is 1. The molecule has 0 spiro atoms. The molecular weight excluding hydrogens is 326 g/mol. The molecule has 0 radical (unpaired) electrons. The van der Waals surface area contributed by atoms with Gasteiger partial charge in [0.1, 0.15) is 4.88 Å². The number of anilines is 1. The van der Waals surface area contributed by atoms with Gasteiger partial charge in [-0.2, -0.15) is 5.10 Å². The molecule has 0 amide bonds. The maximum Gasteiger partial charge on any atom is 0.345 e. The molecule has 1 N–H and O–H groups in total. The van der Waals surface area contributed by atoms with E-state index in [1.807, 2.05) is 19.1 Å². The number of carbonyl (C=O) groups is 1. The van der Waals surface area contributed by atoms with Gasteiger partial charge < -0.3 is 14.7 Å². The smallest absolute Gasteiger partial charge is 0.345 e. The van der Waals surface area contributed by atoms with Gasteiger partial charge in [0.15, 0.2) is 10.9 Å². The predicted octanol–water partition coefficient (Wildman–Crippen LogP) is 3.23. The quantitative estimate of drug-likeness (QED) is 0.865. The van der Waals surface area contributed by atoms with Crippen LogP contribution in [0, 0.1) is 12.8 Å². The molecule has 1 fully saturated rings. The first kappa shape index (κ1) is 16.7. The van der Waals surface area contributed by atoms with Crippen molar-refractivity contribution in [2.45, 2.75) is 26.2 Å². The van der Waals surface area contributed by atoms with Gasteiger partial charge in [-0.15, -0.1) is 5.10 Å². The van der Waals surface area contributed by atoms with Gasteiger partial charge in [0.05, 0.1) is 12.3 Å². The molecule has 1 aliphatic heterocycles. The number of aromatic nitrogens is 2. The number of aryl methyl sites for hydroxylation is 1. The van der Waals surface area contributed by atoms with Gasteiger partial charge in [0.25, 0.3) is 0 Å². The first-order valence-electron chi connectivity index (χ1n) is 8.13. The molecule has 2 aromatic rings. The fourth-order valence-corrected chi connectivity index (χ4v) is 3.57. The third-order valence-corrected chi connectivity index (χ3v) is 5.27. The molecule has 6 nitrogen and oxygen atoms in total. The maximum absolute atomic E-state index is 10.8. The molecular formula is C17H21N3O3S. The highest BCUT2D eigenvalue weighted by Crippen LogP contribution is 2.27. The Hall–Kier alpha value is -2.15. The highest BCUT2D eigenvalue weighted by Gasteiger charge is 2.20. The Labute approximate surface area is 145 Å². The average Bonchev–Trinajstić information content (AvgIpc) is 3.06. The first-order chi connectivity index (χ1) is 11.6. The number of thiophene rings is 1. The molecule has 0 aliphatic carbocycles. The summed E-state index contributed by atoms with van der Waals surface area (Å²) in [6, 6.07) is 7.34.